The lowest BCUT2D eigenvalue weighted by Crippen LogP contribution is -2.38. The monoisotopic (exact) mass is 351 g/mol. The van der Waals surface area contributed by atoms with Crippen molar-refractivity contribution in [2.75, 3.05) is 13.1 Å². The van der Waals surface area contributed by atoms with E-state index in [1.807, 2.05) is 35.2 Å². The Hall–Kier alpha value is -2.43. The van der Waals surface area contributed by atoms with Crippen molar-refractivity contribution in [1.82, 2.24) is 15.2 Å². The Balaban J connectivity index is 1.41. The minimum Gasteiger partial charge on any atom is -0.346 e. The maximum Gasteiger partial charge on any atom is 0.270 e. The van der Waals surface area contributed by atoms with E-state index in [1.54, 1.807) is 6.20 Å². The van der Waals surface area contributed by atoms with Gasteiger partial charge >= 0.3 is 0 Å². The van der Waals surface area contributed by atoms with Crippen LogP contribution in [0.25, 0.3) is 10.8 Å². The molecular weight excluding hydrogens is 326 g/mol. The molecule has 2 fully saturated rings. The molecule has 2 aliphatic rings. The largest absolute Gasteiger partial charge is 0.346 e. The normalized spacial score (nSPS) is 21.3. The Labute approximate surface area is 153 Å². The van der Waals surface area contributed by atoms with Gasteiger partial charge in [0.1, 0.15) is 5.69 Å². The zero-order valence-corrected chi connectivity index (χ0v) is 15.0. The van der Waals surface area contributed by atoms with Gasteiger partial charge in [0.15, 0.2) is 0 Å². The fourth-order valence-corrected chi connectivity index (χ4v) is 4.28. The average molecular weight is 351 g/mol. The van der Waals surface area contributed by atoms with Crippen LogP contribution in [0.3, 0.4) is 0 Å². The van der Waals surface area contributed by atoms with Crippen molar-refractivity contribution in [2.45, 2.75) is 44.6 Å². The van der Waals surface area contributed by atoms with Crippen molar-refractivity contribution in [3.8, 4) is 0 Å². The molecule has 5 nitrogen and oxygen atoms in total. The molecule has 2 amide bonds. The Kier molecular flexibility index (Phi) is 4.87. The molecular formula is C21H25N3O2. The highest BCUT2D eigenvalue weighted by Gasteiger charge is 2.32. The topological polar surface area (TPSA) is 62.3 Å². The molecule has 1 aliphatic heterocycles. The maximum absolute atomic E-state index is 12.7. The minimum atomic E-state index is -0.195. The molecule has 5 heteroatoms. The van der Waals surface area contributed by atoms with Gasteiger partial charge in [-0.25, -0.2) is 0 Å². The van der Waals surface area contributed by atoms with Crippen molar-refractivity contribution in [3.63, 3.8) is 0 Å². The smallest absolute Gasteiger partial charge is 0.270 e. The van der Waals surface area contributed by atoms with E-state index in [2.05, 4.69) is 10.3 Å². The zero-order chi connectivity index (χ0) is 17.9. The van der Waals surface area contributed by atoms with Gasteiger partial charge in [0.05, 0.1) is 6.04 Å². The number of aromatic nitrogens is 1. The van der Waals surface area contributed by atoms with Crippen molar-refractivity contribution >= 4 is 22.6 Å². The van der Waals surface area contributed by atoms with E-state index in [9.17, 15) is 9.59 Å². The van der Waals surface area contributed by atoms with Crippen molar-refractivity contribution in [2.24, 2.45) is 5.92 Å². The van der Waals surface area contributed by atoms with Gasteiger partial charge in [-0.15, -0.1) is 0 Å². The van der Waals surface area contributed by atoms with E-state index in [-0.39, 0.29) is 17.9 Å². The van der Waals surface area contributed by atoms with E-state index in [0.29, 0.717) is 24.6 Å². The summed E-state index contributed by atoms with van der Waals surface area (Å²) in [5.41, 5.74) is 0.432. The van der Waals surface area contributed by atoms with Gasteiger partial charge in [-0.3, -0.25) is 14.6 Å². The number of carbonyl (C=O) groups is 2. The van der Waals surface area contributed by atoms with E-state index >= 15 is 0 Å². The molecule has 136 valence electrons. The summed E-state index contributed by atoms with van der Waals surface area (Å²) in [6.45, 7) is 1.46. The SMILES string of the molecule is O=C(N[C@H]1CC(=O)N(CC2CCCCC2)C1)c1nccc2ccccc12. The van der Waals surface area contributed by atoms with Crippen molar-refractivity contribution in [3.05, 3.63) is 42.2 Å². The summed E-state index contributed by atoms with van der Waals surface area (Å²) < 4.78 is 0. The van der Waals surface area contributed by atoms with Gasteiger partial charge in [0, 0.05) is 31.1 Å². The lowest BCUT2D eigenvalue weighted by molar-refractivity contribution is -0.128. The highest BCUT2D eigenvalue weighted by atomic mass is 16.2. The number of hydrogen-bond acceptors (Lipinski definition) is 3. The highest BCUT2D eigenvalue weighted by Crippen LogP contribution is 2.26. The predicted molar refractivity (Wildman–Crippen MR) is 101 cm³/mol. The van der Waals surface area contributed by atoms with Gasteiger partial charge in [-0.05, 0) is 30.2 Å². The third kappa shape index (κ3) is 3.57. The van der Waals surface area contributed by atoms with Crippen LogP contribution < -0.4 is 5.32 Å². The molecule has 1 saturated carbocycles. The number of pyridine rings is 1. The Morgan fingerprint density at radius 1 is 1.15 bits per heavy atom. The minimum absolute atomic E-state index is 0.126. The molecule has 1 aromatic carbocycles. The van der Waals surface area contributed by atoms with Crippen LogP contribution in [0.5, 0.6) is 0 Å². The summed E-state index contributed by atoms with van der Waals surface area (Å²) >= 11 is 0. The average Bonchev–Trinajstić information content (AvgIpc) is 3.01. The molecule has 2 heterocycles. The number of benzene rings is 1. The number of nitrogens with zero attached hydrogens (tertiary/aromatic N) is 2. The summed E-state index contributed by atoms with van der Waals surface area (Å²) in [6.07, 6.45) is 8.37. The van der Waals surface area contributed by atoms with E-state index in [0.717, 1.165) is 17.3 Å². The van der Waals surface area contributed by atoms with Crippen LogP contribution >= 0.6 is 0 Å². The predicted octanol–water partition coefficient (Wildman–Crippen LogP) is 3.15. The summed E-state index contributed by atoms with van der Waals surface area (Å²) in [5, 5.41) is 4.86. The molecule has 4 rings (SSSR count). The Morgan fingerprint density at radius 2 is 1.96 bits per heavy atom. The van der Waals surface area contributed by atoms with Crippen LogP contribution in [0, 0.1) is 5.92 Å². The zero-order valence-electron chi connectivity index (χ0n) is 15.0. The summed E-state index contributed by atoms with van der Waals surface area (Å²) in [6, 6.07) is 9.51. The molecule has 1 saturated heterocycles. The molecule has 0 bridgehead atoms. The van der Waals surface area contributed by atoms with Gasteiger partial charge < -0.3 is 10.2 Å². The first kappa shape index (κ1) is 17.0. The Morgan fingerprint density at radius 3 is 2.81 bits per heavy atom. The number of hydrogen-bond donors (Lipinski definition) is 1. The summed E-state index contributed by atoms with van der Waals surface area (Å²) in [7, 11) is 0. The number of amides is 2. The van der Waals surface area contributed by atoms with Crippen molar-refractivity contribution in [1.29, 1.82) is 0 Å². The first-order valence-corrected chi connectivity index (χ1v) is 9.63. The van der Waals surface area contributed by atoms with E-state index in [1.165, 1.54) is 32.1 Å². The van der Waals surface area contributed by atoms with Crippen LogP contribution in [0.2, 0.25) is 0 Å². The van der Waals surface area contributed by atoms with E-state index < -0.39 is 0 Å². The van der Waals surface area contributed by atoms with Gasteiger partial charge in [0.2, 0.25) is 5.91 Å². The third-order valence-electron chi connectivity index (χ3n) is 5.64. The molecule has 0 unspecified atom stereocenters. The lowest BCUT2D eigenvalue weighted by atomic mass is 9.89. The number of likely N-dealkylation sites (tertiary alicyclic amines) is 1. The second-order valence-electron chi connectivity index (χ2n) is 7.56. The van der Waals surface area contributed by atoms with Crippen LogP contribution in [-0.4, -0.2) is 40.8 Å². The summed E-state index contributed by atoms with van der Waals surface area (Å²) in [4.78, 5) is 31.3. The maximum atomic E-state index is 12.7. The van der Waals surface area contributed by atoms with Crippen LogP contribution in [0.4, 0.5) is 0 Å². The fraction of sp³-hybridized carbons (Fsp3) is 0.476. The Bertz CT molecular complexity index is 809. The van der Waals surface area contributed by atoms with Crippen LogP contribution in [-0.2, 0) is 4.79 Å². The van der Waals surface area contributed by atoms with E-state index in [4.69, 9.17) is 0 Å². The second-order valence-corrected chi connectivity index (χ2v) is 7.56. The van der Waals surface area contributed by atoms with Crippen LogP contribution in [0.1, 0.15) is 49.0 Å². The number of carbonyl (C=O) groups excluding carboxylic acids is 2. The lowest BCUT2D eigenvalue weighted by Gasteiger charge is -2.27. The molecule has 1 atom stereocenters. The van der Waals surface area contributed by atoms with Gasteiger partial charge in [0.25, 0.3) is 5.91 Å². The van der Waals surface area contributed by atoms with Crippen LogP contribution in [0.15, 0.2) is 36.5 Å². The first-order chi connectivity index (χ1) is 12.7. The number of fused-ring (bicyclic) bond motifs is 1. The number of rotatable bonds is 4. The fourth-order valence-electron chi connectivity index (χ4n) is 4.28. The van der Waals surface area contributed by atoms with Gasteiger partial charge in [-0.2, -0.15) is 0 Å². The molecule has 2 aromatic rings. The van der Waals surface area contributed by atoms with Gasteiger partial charge in [-0.1, -0.05) is 43.5 Å². The van der Waals surface area contributed by atoms with Crippen molar-refractivity contribution < 1.29 is 9.59 Å². The molecule has 1 aromatic heterocycles. The highest BCUT2D eigenvalue weighted by molar-refractivity contribution is 6.05. The molecule has 1 N–H and O–H groups in total. The molecule has 0 radical (unpaired) electrons. The summed E-state index contributed by atoms with van der Waals surface area (Å²) in [5.74, 6) is 0.591. The molecule has 0 spiro atoms. The number of nitrogens with one attached hydrogen (secondary N) is 1. The molecule has 26 heavy (non-hydrogen) atoms. The second kappa shape index (κ2) is 7.44. The molecule has 1 aliphatic carbocycles. The first-order valence-electron chi connectivity index (χ1n) is 9.63. The third-order valence-corrected chi connectivity index (χ3v) is 5.64. The standard InChI is InChI=1S/C21H25N3O2/c25-19-12-17(14-24(19)13-15-6-2-1-3-7-15)23-21(26)20-18-9-5-4-8-16(18)10-11-22-20/h4-5,8-11,15,17H,1-3,6-7,12-14H2,(H,23,26)/t17-/m0/s1. The quantitative estimate of drug-likeness (QED) is 0.920.